The summed E-state index contributed by atoms with van der Waals surface area (Å²) in [5.74, 6) is -3.20. The van der Waals surface area contributed by atoms with Crippen LogP contribution in [0.2, 0.25) is 0 Å². The number of benzene rings is 3. The highest BCUT2D eigenvalue weighted by atomic mass is 16.6. The molecule has 3 aliphatic rings. The third-order valence-electron chi connectivity index (χ3n) is 6.92. The number of hydrogen-bond donors (Lipinski definition) is 0. The Labute approximate surface area is 199 Å². The topological polar surface area (TPSA) is 113 Å². The number of hydrazone groups is 1. The van der Waals surface area contributed by atoms with Crippen molar-refractivity contribution in [2.45, 2.75) is 12.1 Å². The summed E-state index contributed by atoms with van der Waals surface area (Å²) >= 11 is 0. The molecule has 172 valence electrons. The number of amides is 2. The van der Waals surface area contributed by atoms with E-state index in [9.17, 15) is 24.5 Å². The summed E-state index contributed by atoms with van der Waals surface area (Å²) in [6.07, 6.45) is 1.64. The van der Waals surface area contributed by atoms with E-state index in [0.717, 1.165) is 16.0 Å². The number of imide groups is 1. The van der Waals surface area contributed by atoms with Crippen LogP contribution in [-0.4, -0.2) is 39.8 Å². The van der Waals surface area contributed by atoms with Crippen molar-refractivity contribution in [2.75, 3.05) is 4.90 Å². The molecule has 2 amide bonds. The maximum absolute atomic E-state index is 13.8. The lowest BCUT2D eigenvalue weighted by Crippen LogP contribution is -2.44. The zero-order valence-electron chi connectivity index (χ0n) is 18.2. The van der Waals surface area contributed by atoms with Crippen LogP contribution in [0.5, 0.6) is 0 Å². The number of Topliss-reactive ketones (excluding diaryl/α,β-unsaturated/α-hetero) is 1. The van der Waals surface area contributed by atoms with Gasteiger partial charge in [0.25, 0.3) is 5.69 Å². The molecule has 0 aliphatic carbocycles. The largest absolute Gasteiger partial charge is 0.292 e. The van der Waals surface area contributed by atoms with E-state index in [1.54, 1.807) is 41.6 Å². The summed E-state index contributed by atoms with van der Waals surface area (Å²) in [7, 11) is 0. The van der Waals surface area contributed by atoms with E-state index < -0.39 is 40.7 Å². The van der Waals surface area contributed by atoms with E-state index in [1.807, 2.05) is 24.3 Å². The fourth-order valence-electron chi connectivity index (χ4n) is 5.44. The van der Waals surface area contributed by atoms with Crippen molar-refractivity contribution in [2.24, 2.45) is 16.9 Å². The predicted octanol–water partition coefficient (Wildman–Crippen LogP) is 3.36. The summed E-state index contributed by atoms with van der Waals surface area (Å²) in [6, 6.07) is 19.9. The van der Waals surface area contributed by atoms with Gasteiger partial charge in [-0.15, -0.1) is 0 Å². The zero-order chi connectivity index (χ0) is 24.3. The van der Waals surface area contributed by atoms with Gasteiger partial charge >= 0.3 is 0 Å². The normalized spacial score (nSPS) is 24.2. The highest BCUT2D eigenvalue weighted by molar-refractivity contribution is 6.24. The Morgan fingerprint density at radius 1 is 0.886 bits per heavy atom. The minimum absolute atomic E-state index is 0.119. The number of nitro groups is 1. The lowest BCUT2D eigenvalue weighted by molar-refractivity contribution is -0.384. The second-order valence-electron chi connectivity index (χ2n) is 8.71. The van der Waals surface area contributed by atoms with Crippen molar-refractivity contribution < 1.29 is 19.3 Å². The summed E-state index contributed by atoms with van der Waals surface area (Å²) in [5.41, 5.74) is 1.93. The maximum atomic E-state index is 13.8. The van der Waals surface area contributed by atoms with Crippen molar-refractivity contribution in [3.05, 3.63) is 106 Å². The monoisotopic (exact) mass is 466 g/mol. The Morgan fingerprint density at radius 2 is 1.60 bits per heavy atom. The van der Waals surface area contributed by atoms with Crippen LogP contribution in [0.1, 0.15) is 27.5 Å². The lowest BCUT2D eigenvalue weighted by Gasteiger charge is -2.33. The molecule has 0 N–H and O–H groups in total. The quantitative estimate of drug-likeness (QED) is 0.252. The molecule has 0 spiro atoms. The second-order valence-corrected chi connectivity index (χ2v) is 8.71. The van der Waals surface area contributed by atoms with Gasteiger partial charge in [-0.2, -0.15) is 5.10 Å². The van der Waals surface area contributed by atoms with E-state index in [2.05, 4.69) is 5.10 Å². The average Bonchev–Trinajstić information content (AvgIpc) is 3.36. The van der Waals surface area contributed by atoms with E-state index >= 15 is 0 Å². The first kappa shape index (κ1) is 20.9. The van der Waals surface area contributed by atoms with Gasteiger partial charge in [0, 0.05) is 17.7 Å². The van der Waals surface area contributed by atoms with Crippen molar-refractivity contribution in [3.63, 3.8) is 0 Å². The molecule has 3 heterocycles. The molecule has 35 heavy (non-hydrogen) atoms. The number of non-ortho nitro benzene ring substituents is 1. The average molecular weight is 466 g/mol. The van der Waals surface area contributed by atoms with Crippen LogP contribution in [0.4, 0.5) is 11.4 Å². The van der Waals surface area contributed by atoms with Crippen LogP contribution in [0, 0.1) is 22.0 Å². The molecule has 9 heteroatoms. The fourth-order valence-corrected chi connectivity index (χ4v) is 5.44. The van der Waals surface area contributed by atoms with Gasteiger partial charge < -0.3 is 0 Å². The standard InChI is InChI=1S/C26H18N4O5/c31-24(15-7-2-1-3-8-15)23-21-20(22-19-12-5-4-9-16(19)14-27-29(22)23)25(32)28(26(21)33)17-10-6-11-18(13-17)30(34)35/h1-14,20-23H/t20-,21+,22-,23-/m1/s1. The van der Waals surface area contributed by atoms with Crippen molar-refractivity contribution in [3.8, 4) is 0 Å². The second kappa shape index (κ2) is 7.69. The van der Waals surface area contributed by atoms with Gasteiger partial charge in [0.15, 0.2) is 5.78 Å². The van der Waals surface area contributed by atoms with Crippen LogP contribution in [0.3, 0.4) is 0 Å². The van der Waals surface area contributed by atoms with Crippen LogP contribution >= 0.6 is 0 Å². The van der Waals surface area contributed by atoms with Crippen LogP contribution in [0.15, 0.2) is 84.0 Å². The third-order valence-corrected chi connectivity index (χ3v) is 6.92. The van der Waals surface area contributed by atoms with Gasteiger partial charge in [0.1, 0.15) is 6.04 Å². The Kier molecular flexibility index (Phi) is 4.60. The van der Waals surface area contributed by atoms with E-state index in [1.165, 1.54) is 24.3 Å². The van der Waals surface area contributed by atoms with Crippen LogP contribution in [0.25, 0.3) is 0 Å². The number of rotatable bonds is 4. The van der Waals surface area contributed by atoms with E-state index in [4.69, 9.17) is 0 Å². The number of fused-ring (bicyclic) bond motifs is 5. The van der Waals surface area contributed by atoms with Gasteiger partial charge in [-0.1, -0.05) is 60.7 Å². The molecular weight excluding hydrogens is 448 g/mol. The molecule has 3 aromatic carbocycles. The molecule has 0 bridgehead atoms. The predicted molar refractivity (Wildman–Crippen MR) is 126 cm³/mol. The van der Waals surface area contributed by atoms with E-state index in [0.29, 0.717) is 5.56 Å². The summed E-state index contributed by atoms with van der Waals surface area (Å²) in [5, 5.41) is 17.4. The summed E-state index contributed by atoms with van der Waals surface area (Å²) in [6.45, 7) is 0. The van der Waals surface area contributed by atoms with Gasteiger partial charge in [0.2, 0.25) is 11.8 Å². The number of nitrogens with zero attached hydrogens (tertiary/aromatic N) is 4. The highest BCUT2D eigenvalue weighted by Gasteiger charge is 2.65. The molecule has 3 aromatic rings. The van der Waals surface area contributed by atoms with Gasteiger partial charge in [0.05, 0.1) is 34.7 Å². The molecule has 0 unspecified atom stereocenters. The number of hydrogen-bond acceptors (Lipinski definition) is 7. The minimum Gasteiger partial charge on any atom is -0.292 e. The Bertz CT molecular complexity index is 1440. The molecule has 6 rings (SSSR count). The molecule has 4 atom stereocenters. The summed E-state index contributed by atoms with van der Waals surface area (Å²) in [4.78, 5) is 53.0. The first-order chi connectivity index (χ1) is 17.0. The lowest BCUT2D eigenvalue weighted by atomic mass is 9.83. The SMILES string of the molecule is O=C(c1ccccc1)[C@H]1[C@H]2C(=O)N(c3cccc([N+](=O)[O-])c3)C(=O)[C@H]2[C@H]2c3ccccc3C=NN21. The number of carbonyl (C=O) groups is 3. The Balaban J connectivity index is 1.50. The molecular formula is C26H18N4O5. The highest BCUT2D eigenvalue weighted by Crippen LogP contribution is 2.53. The van der Waals surface area contributed by atoms with Gasteiger partial charge in [-0.25, -0.2) is 4.90 Å². The van der Waals surface area contributed by atoms with Crippen molar-refractivity contribution >= 4 is 35.2 Å². The van der Waals surface area contributed by atoms with Crippen LogP contribution in [-0.2, 0) is 9.59 Å². The first-order valence-corrected chi connectivity index (χ1v) is 11.1. The smallest absolute Gasteiger partial charge is 0.271 e. The van der Waals surface area contributed by atoms with Crippen molar-refractivity contribution in [1.82, 2.24) is 5.01 Å². The molecule has 2 fully saturated rings. The molecule has 2 saturated heterocycles. The van der Waals surface area contributed by atoms with E-state index in [-0.39, 0.29) is 17.2 Å². The van der Waals surface area contributed by atoms with Gasteiger partial charge in [-0.05, 0) is 17.2 Å². The fraction of sp³-hybridized carbons (Fsp3) is 0.154. The number of carbonyl (C=O) groups excluding carboxylic acids is 3. The maximum Gasteiger partial charge on any atom is 0.271 e. The minimum atomic E-state index is -0.989. The third kappa shape index (κ3) is 3.01. The number of anilines is 1. The molecule has 9 nitrogen and oxygen atoms in total. The molecule has 0 aromatic heterocycles. The van der Waals surface area contributed by atoms with Gasteiger partial charge in [-0.3, -0.25) is 29.5 Å². The first-order valence-electron chi connectivity index (χ1n) is 11.1. The molecule has 0 radical (unpaired) electrons. The Morgan fingerprint density at radius 3 is 2.37 bits per heavy atom. The Hall–Kier alpha value is -4.66. The number of nitro benzene ring substituents is 1. The van der Waals surface area contributed by atoms with Crippen LogP contribution < -0.4 is 4.90 Å². The molecule has 3 aliphatic heterocycles. The van der Waals surface area contributed by atoms with Crippen molar-refractivity contribution in [1.29, 1.82) is 0 Å². The summed E-state index contributed by atoms with van der Waals surface area (Å²) < 4.78 is 0. The molecule has 0 saturated carbocycles. The number of ketones is 1. The zero-order valence-corrected chi connectivity index (χ0v) is 18.2.